The normalized spacial score (nSPS) is 15.1. The number of carbonyl (C=O) groups excluding carboxylic acids is 1. The number of carbonyl (C=O) groups is 1. The van der Waals surface area contributed by atoms with Gasteiger partial charge in [0.05, 0.1) is 12.1 Å². The van der Waals surface area contributed by atoms with Crippen LogP contribution in [-0.2, 0) is 4.79 Å². The van der Waals surface area contributed by atoms with Crippen molar-refractivity contribution in [3.8, 4) is 11.4 Å². The van der Waals surface area contributed by atoms with Crippen LogP contribution in [0.3, 0.4) is 0 Å². The summed E-state index contributed by atoms with van der Waals surface area (Å²) in [5.74, 6) is 1.68. The fourth-order valence-corrected chi connectivity index (χ4v) is 3.32. The van der Waals surface area contributed by atoms with E-state index < -0.39 is 0 Å². The summed E-state index contributed by atoms with van der Waals surface area (Å²) in [6.07, 6.45) is 3.53. The maximum atomic E-state index is 11.6. The summed E-state index contributed by atoms with van der Waals surface area (Å²) in [5, 5.41) is 3.73. The summed E-state index contributed by atoms with van der Waals surface area (Å²) in [6, 6.07) is 12.0. The van der Waals surface area contributed by atoms with Gasteiger partial charge in [0.15, 0.2) is 5.82 Å². The minimum atomic E-state index is 0.0507. The largest absolute Gasteiger partial charge is 0.358 e. The Hall–Kier alpha value is -3.06. The number of hydrogen-bond acceptors (Lipinski definition) is 6. The van der Waals surface area contributed by atoms with Gasteiger partial charge in [-0.1, -0.05) is 12.1 Å². The highest BCUT2D eigenvalue weighted by Gasteiger charge is 2.22. The van der Waals surface area contributed by atoms with Gasteiger partial charge in [0.25, 0.3) is 0 Å². The SMILES string of the molecule is CNC(=O)CN1CCN(c2nc(-c3cccnc3)nc3ccccc23)CC1. The Kier molecular flexibility index (Phi) is 4.93. The molecule has 0 unspecified atom stereocenters. The molecule has 7 heteroatoms. The van der Waals surface area contributed by atoms with E-state index in [4.69, 9.17) is 9.97 Å². The molecule has 1 aromatic carbocycles. The number of fused-ring (bicyclic) bond motifs is 1. The van der Waals surface area contributed by atoms with Crippen LogP contribution in [0, 0.1) is 0 Å². The van der Waals surface area contributed by atoms with Crippen molar-refractivity contribution >= 4 is 22.6 Å². The highest BCUT2D eigenvalue weighted by molar-refractivity contribution is 5.91. The number of piperazine rings is 1. The first-order chi connectivity index (χ1) is 13.2. The first kappa shape index (κ1) is 17.4. The molecule has 0 aliphatic carbocycles. The van der Waals surface area contributed by atoms with Crippen molar-refractivity contribution in [1.82, 2.24) is 25.2 Å². The number of aromatic nitrogens is 3. The number of hydrogen-bond donors (Lipinski definition) is 1. The lowest BCUT2D eigenvalue weighted by Gasteiger charge is -2.35. The molecule has 0 radical (unpaired) electrons. The van der Waals surface area contributed by atoms with Crippen LogP contribution in [0.15, 0.2) is 48.8 Å². The molecule has 1 N–H and O–H groups in total. The first-order valence-corrected chi connectivity index (χ1v) is 9.09. The van der Waals surface area contributed by atoms with Crippen molar-refractivity contribution < 1.29 is 4.79 Å². The predicted molar refractivity (Wildman–Crippen MR) is 105 cm³/mol. The summed E-state index contributed by atoms with van der Waals surface area (Å²) in [6.45, 7) is 3.74. The van der Waals surface area contributed by atoms with E-state index in [1.807, 2.05) is 30.3 Å². The summed E-state index contributed by atoms with van der Waals surface area (Å²) in [4.78, 5) is 29.9. The van der Waals surface area contributed by atoms with Gasteiger partial charge in [-0.15, -0.1) is 0 Å². The second kappa shape index (κ2) is 7.67. The Balaban J connectivity index is 1.64. The number of pyridine rings is 1. The Labute approximate surface area is 158 Å². The topological polar surface area (TPSA) is 74.2 Å². The zero-order valence-electron chi connectivity index (χ0n) is 15.3. The van der Waals surface area contributed by atoms with Crippen LogP contribution in [0.5, 0.6) is 0 Å². The third-order valence-electron chi connectivity index (χ3n) is 4.82. The monoisotopic (exact) mass is 362 g/mol. The van der Waals surface area contributed by atoms with Gasteiger partial charge in [-0.2, -0.15) is 0 Å². The summed E-state index contributed by atoms with van der Waals surface area (Å²) in [5.41, 5.74) is 1.83. The molecule has 1 saturated heterocycles. The number of para-hydroxylation sites is 1. The van der Waals surface area contributed by atoms with Crippen molar-refractivity contribution in [2.24, 2.45) is 0 Å². The highest BCUT2D eigenvalue weighted by Crippen LogP contribution is 2.27. The quantitative estimate of drug-likeness (QED) is 0.759. The third-order valence-corrected chi connectivity index (χ3v) is 4.82. The second-order valence-electron chi connectivity index (χ2n) is 6.57. The average molecular weight is 362 g/mol. The molecule has 1 aliphatic rings. The van der Waals surface area contributed by atoms with E-state index >= 15 is 0 Å². The van der Waals surface area contributed by atoms with E-state index in [2.05, 4.69) is 26.2 Å². The minimum absolute atomic E-state index is 0.0507. The molecule has 0 bridgehead atoms. The molecule has 138 valence electrons. The highest BCUT2D eigenvalue weighted by atomic mass is 16.1. The maximum absolute atomic E-state index is 11.6. The van der Waals surface area contributed by atoms with Gasteiger partial charge in [0.2, 0.25) is 5.91 Å². The number of anilines is 1. The standard InChI is InChI=1S/C20H22N6O/c1-21-18(27)14-25-9-11-26(12-10-25)20-16-6-2-3-7-17(16)23-19(24-20)15-5-4-8-22-13-15/h2-8,13H,9-12,14H2,1H3,(H,21,27). The van der Waals surface area contributed by atoms with Crippen LogP contribution in [0.25, 0.3) is 22.3 Å². The van der Waals surface area contributed by atoms with Crippen LogP contribution in [-0.4, -0.2) is 65.5 Å². The number of likely N-dealkylation sites (N-methyl/N-ethyl adjacent to an activating group) is 1. The van der Waals surface area contributed by atoms with Crippen molar-refractivity contribution in [1.29, 1.82) is 0 Å². The molecule has 3 aromatic rings. The maximum Gasteiger partial charge on any atom is 0.233 e. The predicted octanol–water partition coefficient (Wildman–Crippen LogP) is 1.56. The summed E-state index contributed by atoms with van der Waals surface area (Å²) < 4.78 is 0. The minimum Gasteiger partial charge on any atom is -0.358 e. The smallest absolute Gasteiger partial charge is 0.233 e. The van der Waals surface area contributed by atoms with Gasteiger partial charge in [0, 0.05) is 56.6 Å². The van der Waals surface area contributed by atoms with E-state index in [1.54, 1.807) is 19.4 Å². The fourth-order valence-electron chi connectivity index (χ4n) is 3.32. The number of nitrogens with one attached hydrogen (secondary N) is 1. The van der Waals surface area contributed by atoms with Gasteiger partial charge >= 0.3 is 0 Å². The van der Waals surface area contributed by atoms with E-state index in [0.717, 1.165) is 48.5 Å². The molecular formula is C20H22N6O. The van der Waals surface area contributed by atoms with E-state index in [0.29, 0.717) is 12.4 Å². The van der Waals surface area contributed by atoms with Gasteiger partial charge in [-0.05, 0) is 24.3 Å². The van der Waals surface area contributed by atoms with Crippen LogP contribution in [0.2, 0.25) is 0 Å². The summed E-state index contributed by atoms with van der Waals surface area (Å²) in [7, 11) is 1.67. The average Bonchev–Trinajstić information content (AvgIpc) is 2.74. The lowest BCUT2D eigenvalue weighted by atomic mass is 10.2. The Morgan fingerprint density at radius 3 is 2.63 bits per heavy atom. The van der Waals surface area contributed by atoms with E-state index in [1.165, 1.54) is 0 Å². The van der Waals surface area contributed by atoms with Gasteiger partial charge in [0.1, 0.15) is 5.82 Å². The lowest BCUT2D eigenvalue weighted by molar-refractivity contribution is -0.121. The van der Waals surface area contributed by atoms with Crippen LogP contribution >= 0.6 is 0 Å². The molecule has 27 heavy (non-hydrogen) atoms. The van der Waals surface area contributed by atoms with Crippen molar-refractivity contribution in [2.75, 3.05) is 44.7 Å². The first-order valence-electron chi connectivity index (χ1n) is 9.09. The summed E-state index contributed by atoms with van der Waals surface area (Å²) >= 11 is 0. The van der Waals surface area contributed by atoms with Crippen molar-refractivity contribution in [3.63, 3.8) is 0 Å². The Bertz CT molecular complexity index is 938. The Morgan fingerprint density at radius 2 is 1.89 bits per heavy atom. The lowest BCUT2D eigenvalue weighted by Crippen LogP contribution is -2.49. The molecule has 0 atom stereocenters. The molecule has 0 saturated carbocycles. The van der Waals surface area contributed by atoms with E-state index in [-0.39, 0.29) is 5.91 Å². The van der Waals surface area contributed by atoms with Gasteiger partial charge in [-0.25, -0.2) is 9.97 Å². The molecule has 1 amide bonds. The van der Waals surface area contributed by atoms with Gasteiger partial charge < -0.3 is 10.2 Å². The molecule has 1 aliphatic heterocycles. The molecule has 4 rings (SSSR count). The molecule has 3 heterocycles. The number of nitrogens with zero attached hydrogens (tertiary/aromatic N) is 5. The van der Waals surface area contributed by atoms with Crippen molar-refractivity contribution in [3.05, 3.63) is 48.8 Å². The fraction of sp³-hybridized carbons (Fsp3) is 0.300. The second-order valence-corrected chi connectivity index (χ2v) is 6.57. The Morgan fingerprint density at radius 1 is 1.07 bits per heavy atom. The number of rotatable bonds is 4. The molecule has 1 fully saturated rings. The molecule has 0 spiro atoms. The molecule has 7 nitrogen and oxygen atoms in total. The van der Waals surface area contributed by atoms with Crippen LogP contribution < -0.4 is 10.2 Å². The van der Waals surface area contributed by atoms with Crippen molar-refractivity contribution in [2.45, 2.75) is 0 Å². The van der Waals surface area contributed by atoms with E-state index in [9.17, 15) is 4.79 Å². The van der Waals surface area contributed by atoms with Gasteiger partial charge in [-0.3, -0.25) is 14.7 Å². The number of amides is 1. The number of benzene rings is 1. The van der Waals surface area contributed by atoms with Crippen LogP contribution in [0.4, 0.5) is 5.82 Å². The molecular weight excluding hydrogens is 340 g/mol. The third kappa shape index (κ3) is 3.73. The van der Waals surface area contributed by atoms with Crippen LogP contribution in [0.1, 0.15) is 0 Å². The zero-order chi connectivity index (χ0) is 18.6. The zero-order valence-corrected chi connectivity index (χ0v) is 15.3. The molecule has 2 aromatic heterocycles.